The van der Waals surface area contributed by atoms with E-state index in [-0.39, 0.29) is 17.6 Å². The summed E-state index contributed by atoms with van der Waals surface area (Å²) in [5, 5.41) is 5.53. The summed E-state index contributed by atoms with van der Waals surface area (Å²) in [7, 11) is 1.65. The normalized spacial score (nSPS) is 14.0. The van der Waals surface area contributed by atoms with Crippen LogP contribution in [0.2, 0.25) is 0 Å². The van der Waals surface area contributed by atoms with Crippen LogP contribution in [0, 0.1) is 0 Å². The number of hydrogen-bond acceptors (Lipinski definition) is 6. The molecule has 35 heavy (non-hydrogen) atoms. The molecule has 1 fully saturated rings. The number of nitrogens with one attached hydrogen (secondary N) is 1. The van der Waals surface area contributed by atoms with E-state index < -0.39 is 0 Å². The van der Waals surface area contributed by atoms with Crippen molar-refractivity contribution in [3.05, 3.63) is 82.8 Å². The van der Waals surface area contributed by atoms with E-state index in [0.29, 0.717) is 42.8 Å². The smallest absolute Gasteiger partial charge is 0.291 e. The number of nitrogens with zero attached hydrogens (tertiary/aromatic N) is 2. The van der Waals surface area contributed by atoms with E-state index in [0.717, 1.165) is 16.3 Å². The summed E-state index contributed by atoms with van der Waals surface area (Å²) in [6, 6.07) is 19.1. The topological polar surface area (TPSA) is 75.0 Å². The molecule has 0 radical (unpaired) electrons. The predicted octanol–water partition coefficient (Wildman–Crippen LogP) is 5.12. The molecule has 1 saturated heterocycles. The van der Waals surface area contributed by atoms with Crippen LogP contribution in [-0.4, -0.2) is 50.0 Å². The number of para-hydroxylation sites is 1. The summed E-state index contributed by atoms with van der Waals surface area (Å²) in [6.07, 6.45) is 3.22. The van der Waals surface area contributed by atoms with Crippen LogP contribution in [0.5, 0.6) is 5.75 Å². The summed E-state index contributed by atoms with van der Waals surface area (Å²) < 4.78 is 11.2. The molecule has 2 aromatic heterocycles. The maximum absolute atomic E-state index is 13.5. The van der Waals surface area contributed by atoms with E-state index in [9.17, 15) is 9.59 Å². The maximum Gasteiger partial charge on any atom is 0.291 e. The molecule has 0 atom stereocenters. The minimum Gasteiger partial charge on any atom is -0.497 e. The molecule has 7 nitrogen and oxygen atoms in total. The second-order valence-electron chi connectivity index (χ2n) is 8.12. The van der Waals surface area contributed by atoms with Crippen LogP contribution in [0.4, 0.5) is 11.4 Å². The van der Waals surface area contributed by atoms with Crippen molar-refractivity contribution in [1.29, 1.82) is 0 Å². The first-order valence-electron chi connectivity index (χ1n) is 11.3. The molecule has 178 valence electrons. The van der Waals surface area contributed by atoms with Crippen molar-refractivity contribution in [1.82, 2.24) is 4.90 Å². The molecule has 4 aromatic rings. The Morgan fingerprint density at radius 2 is 1.77 bits per heavy atom. The highest BCUT2D eigenvalue weighted by Gasteiger charge is 2.28. The second kappa shape index (κ2) is 10.1. The molecule has 0 aliphatic carbocycles. The highest BCUT2D eigenvalue weighted by Crippen LogP contribution is 2.32. The number of thiophene rings is 1. The lowest BCUT2D eigenvalue weighted by Crippen LogP contribution is -2.48. The Bertz CT molecular complexity index is 1350. The third-order valence-corrected chi connectivity index (χ3v) is 6.82. The van der Waals surface area contributed by atoms with Gasteiger partial charge in [-0.3, -0.25) is 9.59 Å². The summed E-state index contributed by atoms with van der Waals surface area (Å²) in [6.45, 7) is 2.49. The molecular formula is C27H25N3O4S. The molecule has 0 bridgehead atoms. The number of furan rings is 1. The Morgan fingerprint density at radius 3 is 2.49 bits per heavy atom. The van der Waals surface area contributed by atoms with Crippen LogP contribution in [0.15, 0.2) is 76.5 Å². The quantitative estimate of drug-likeness (QED) is 0.382. The Morgan fingerprint density at radius 1 is 1.00 bits per heavy atom. The van der Waals surface area contributed by atoms with E-state index in [1.807, 2.05) is 60.0 Å². The average molecular weight is 488 g/mol. The number of amides is 2. The average Bonchev–Trinajstić information content (AvgIpc) is 3.56. The van der Waals surface area contributed by atoms with Crippen molar-refractivity contribution in [2.75, 3.05) is 43.5 Å². The van der Waals surface area contributed by atoms with E-state index in [4.69, 9.17) is 9.15 Å². The molecule has 1 aliphatic heterocycles. The zero-order chi connectivity index (χ0) is 24.2. The number of carbonyl (C=O) groups is 2. The lowest BCUT2D eigenvalue weighted by atomic mass is 10.2. The van der Waals surface area contributed by atoms with Crippen molar-refractivity contribution < 1.29 is 18.7 Å². The zero-order valence-electron chi connectivity index (χ0n) is 19.3. The zero-order valence-corrected chi connectivity index (χ0v) is 20.1. The van der Waals surface area contributed by atoms with Gasteiger partial charge < -0.3 is 24.3 Å². The fourth-order valence-electron chi connectivity index (χ4n) is 4.13. The SMILES string of the molecule is COc1ccc(N2CCN(C(=O)c3oc4ccccc4c3NC(=O)C=Cc3cccs3)CC2)cc1. The van der Waals surface area contributed by atoms with Gasteiger partial charge in [0.1, 0.15) is 17.0 Å². The largest absolute Gasteiger partial charge is 0.497 e. The Kier molecular flexibility index (Phi) is 6.54. The fourth-order valence-corrected chi connectivity index (χ4v) is 4.75. The lowest BCUT2D eigenvalue weighted by molar-refractivity contribution is -0.111. The van der Waals surface area contributed by atoms with Gasteiger partial charge in [0.2, 0.25) is 11.7 Å². The van der Waals surface area contributed by atoms with Crippen molar-refractivity contribution in [2.24, 2.45) is 0 Å². The van der Waals surface area contributed by atoms with Crippen LogP contribution in [0.25, 0.3) is 17.0 Å². The van der Waals surface area contributed by atoms with Gasteiger partial charge in [-0.15, -0.1) is 11.3 Å². The maximum atomic E-state index is 13.5. The van der Waals surface area contributed by atoms with Crippen LogP contribution in [-0.2, 0) is 4.79 Å². The third-order valence-electron chi connectivity index (χ3n) is 5.98. The number of methoxy groups -OCH3 is 1. The lowest BCUT2D eigenvalue weighted by Gasteiger charge is -2.35. The van der Waals surface area contributed by atoms with Crippen LogP contribution in [0.3, 0.4) is 0 Å². The molecule has 0 unspecified atom stereocenters. The Hall–Kier alpha value is -4.04. The van der Waals surface area contributed by atoms with Gasteiger partial charge in [0.25, 0.3) is 5.91 Å². The standard InChI is InChI=1S/C27H25N3O4S/c1-33-20-10-8-19(9-11-20)29-14-16-30(17-15-29)27(32)26-25(22-6-2-3-7-23(22)34-26)28-24(31)13-12-21-5-4-18-35-21/h2-13,18H,14-17H2,1H3,(H,28,31). The number of piperazine rings is 1. The number of benzene rings is 2. The summed E-state index contributed by atoms with van der Waals surface area (Å²) >= 11 is 1.55. The van der Waals surface area contributed by atoms with Gasteiger partial charge >= 0.3 is 0 Å². The number of fused-ring (bicyclic) bond motifs is 1. The molecule has 1 N–H and O–H groups in total. The Balaban J connectivity index is 1.32. The van der Waals surface area contributed by atoms with Gasteiger partial charge in [0, 0.05) is 48.2 Å². The number of hydrogen-bond donors (Lipinski definition) is 1. The number of anilines is 2. The second-order valence-corrected chi connectivity index (χ2v) is 9.10. The first-order chi connectivity index (χ1) is 17.1. The molecule has 3 heterocycles. The van der Waals surface area contributed by atoms with E-state index in [1.54, 1.807) is 35.5 Å². The minimum atomic E-state index is -0.316. The Labute approximate surface area is 207 Å². The molecule has 2 amide bonds. The minimum absolute atomic E-state index is 0.155. The van der Waals surface area contributed by atoms with Gasteiger partial charge in [-0.1, -0.05) is 18.2 Å². The third kappa shape index (κ3) is 4.93. The molecule has 0 spiro atoms. The molecule has 8 heteroatoms. The van der Waals surface area contributed by atoms with Gasteiger partial charge in [0.15, 0.2) is 0 Å². The highest BCUT2D eigenvalue weighted by atomic mass is 32.1. The van der Waals surface area contributed by atoms with Gasteiger partial charge in [-0.2, -0.15) is 0 Å². The first-order valence-corrected chi connectivity index (χ1v) is 12.2. The van der Waals surface area contributed by atoms with Crippen LogP contribution >= 0.6 is 11.3 Å². The molecular weight excluding hydrogens is 462 g/mol. The van der Waals surface area contributed by atoms with Gasteiger partial charge in [0.05, 0.1) is 7.11 Å². The molecule has 5 rings (SSSR count). The predicted molar refractivity (Wildman–Crippen MR) is 139 cm³/mol. The van der Waals surface area contributed by atoms with Gasteiger partial charge in [-0.05, 0) is 53.9 Å². The van der Waals surface area contributed by atoms with Crippen molar-refractivity contribution in [2.45, 2.75) is 0 Å². The fraction of sp³-hybridized carbons (Fsp3) is 0.185. The summed E-state index contributed by atoms with van der Waals surface area (Å²) in [5.41, 5.74) is 2.06. The summed E-state index contributed by atoms with van der Waals surface area (Å²) in [4.78, 5) is 31.1. The van der Waals surface area contributed by atoms with Crippen LogP contribution in [0.1, 0.15) is 15.4 Å². The van der Waals surface area contributed by atoms with Crippen LogP contribution < -0.4 is 15.0 Å². The number of rotatable bonds is 6. The van der Waals surface area contributed by atoms with Crippen molar-refractivity contribution in [3.63, 3.8) is 0 Å². The molecule has 1 aliphatic rings. The van der Waals surface area contributed by atoms with Gasteiger partial charge in [-0.25, -0.2) is 0 Å². The number of ether oxygens (including phenoxy) is 1. The number of carbonyl (C=O) groups excluding carboxylic acids is 2. The molecule has 0 saturated carbocycles. The summed E-state index contributed by atoms with van der Waals surface area (Å²) in [5.74, 6) is 0.422. The van der Waals surface area contributed by atoms with Crippen molar-refractivity contribution in [3.8, 4) is 5.75 Å². The van der Waals surface area contributed by atoms with Crippen molar-refractivity contribution >= 4 is 51.6 Å². The monoisotopic (exact) mass is 487 g/mol. The first kappa shape index (κ1) is 22.7. The molecule has 2 aromatic carbocycles. The van der Waals surface area contributed by atoms with E-state index >= 15 is 0 Å². The highest BCUT2D eigenvalue weighted by molar-refractivity contribution is 7.10. The van der Waals surface area contributed by atoms with E-state index in [2.05, 4.69) is 10.2 Å². The van der Waals surface area contributed by atoms with E-state index in [1.165, 1.54) is 6.08 Å².